The van der Waals surface area contributed by atoms with E-state index in [1.807, 2.05) is 42.3 Å². The number of hydrogen-bond donors (Lipinski definition) is 1. The molecule has 0 saturated heterocycles. The molecule has 110 valence electrons. The van der Waals surface area contributed by atoms with Gasteiger partial charge in [0.05, 0.1) is 42.3 Å². The van der Waals surface area contributed by atoms with Gasteiger partial charge in [0.25, 0.3) is 0 Å². The fraction of sp³-hybridized carbons (Fsp3) is 0.889. The Morgan fingerprint density at radius 2 is 1.11 bits per heavy atom. The lowest BCUT2D eigenvalue weighted by Crippen LogP contribution is -2.40. The highest BCUT2D eigenvalue weighted by molar-refractivity contribution is 5.73. The monoisotopic (exact) mass is 280 g/mol. The minimum absolute atomic E-state index is 1.19. The molecule has 4 nitrogen and oxygen atoms in total. The molecule has 0 spiro atoms. The minimum atomic E-state index is -5.84. The molecule has 0 bridgehead atoms. The van der Waals surface area contributed by atoms with Crippen molar-refractivity contribution in [2.24, 2.45) is 0 Å². The van der Waals surface area contributed by atoms with Gasteiger partial charge in [-0.3, -0.25) is 14.4 Å². The van der Waals surface area contributed by atoms with Crippen molar-refractivity contribution in [3.63, 3.8) is 0 Å². The first kappa shape index (κ1) is 19.2. The van der Waals surface area contributed by atoms with E-state index in [2.05, 4.69) is 14.4 Å². The first-order valence-corrected chi connectivity index (χ1v) is 4.77. The van der Waals surface area contributed by atoms with Crippen LogP contribution in [0.1, 0.15) is 0 Å². The first-order chi connectivity index (χ1) is 7.71. The van der Waals surface area contributed by atoms with Crippen LogP contribution in [0.15, 0.2) is 0 Å². The van der Waals surface area contributed by atoms with Gasteiger partial charge < -0.3 is 5.11 Å². The van der Waals surface area contributed by atoms with E-state index in [1.54, 1.807) is 0 Å². The number of alkyl halides is 5. The molecule has 18 heavy (non-hydrogen) atoms. The van der Waals surface area contributed by atoms with Crippen LogP contribution in [-0.4, -0.2) is 80.0 Å². The highest BCUT2D eigenvalue weighted by atomic mass is 19.4. The number of guanidine groups is 1. The van der Waals surface area contributed by atoms with E-state index in [0.29, 0.717) is 0 Å². The van der Waals surface area contributed by atoms with Crippen LogP contribution in [0.2, 0.25) is 0 Å². The summed E-state index contributed by atoms with van der Waals surface area (Å²) in [4.78, 5) is 4.17. The molecule has 0 unspecified atom stereocenters. The van der Waals surface area contributed by atoms with Crippen molar-refractivity contribution >= 4 is 5.96 Å². The van der Waals surface area contributed by atoms with Gasteiger partial charge in [0.2, 0.25) is 0 Å². The highest BCUT2D eigenvalue weighted by Gasteiger charge is 2.56. The Balaban J connectivity index is 0. The van der Waals surface area contributed by atoms with Gasteiger partial charge in [-0.15, -0.1) is 0 Å². The summed E-state index contributed by atoms with van der Waals surface area (Å²) in [5.41, 5.74) is 0. The summed E-state index contributed by atoms with van der Waals surface area (Å²) in [7, 11) is 12.2. The van der Waals surface area contributed by atoms with E-state index >= 15 is 0 Å². The molecular formula is C9H19F5N3O+. The second kappa shape index (κ2) is 6.72. The Morgan fingerprint density at radius 1 is 0.889 bits per heavy atom. The molecule has 0 aromatic rings. The minimum Gasteiger partial charge on any atom is -0.329 e. The smallest absolute Gasteiger partial charge is 0.329 e. The van der Waals surface area contributed by atoms with Crippen LogP contribution in [0.5, 0.6) is 0 Å². The molecule has 0 atom stereocenters. The molecule has 0 aromatic carbocycles. The number of aliphatic hydroxyl groups is 1. The summed E-state index contributed by atoms with van der Waals surface area (Å²) in [5.74, 6) is 1.19. The third-order valence-corrected chi connectivity index (χ3v) is 1.54. The summed E-state index contributed by atoms with van der Waals surface area (Å²) in [5, 5.41) is 6.90. The van der Waals surface area contributed by atoms with Crippen molar-refractivity contribution in [3.8, 4) is 0 Å². The van der Waals surface area contributed by atoms with Gasteiger partial charge in [0.15, 0.2) is 0 Å². The molecule has 0 aliphatic carbocycles. The first-order valence-electron chi connectivity index (χ1n) is 4.77. The predicted molar refractivity (Wildman–Crippen MR) is 57.7 cm³/mol. The largest absolute Gasteiger partial charge is 0.482 e. The fourth-order valence-corrected chi connectivity index (χ4v) is 1.20. The molecule has 0 aromatic heterocycles. The number of nitrogens with zero attached hydrogens (tertiary/aromatic N) is 3. The van der Waals surface area contributed by atoms with E-state index in [4.69, 9.17) is 5.11 Å². The molecule has 0 saturated carbocycles. The van der Waals surface area contributed by atoms with Gasteiger partial charge in [-0.05, 0) is 0 Å². The van der Waals surface area contributed by atoms with Crippen molar-refractivity contribution < 1.29 is 31.6 Å². The number of rotatable bonds is 0. The van der Waals surface area contributed by atoms with Crippen molar-refractivity contribution in [1.29, 1.82) is 0 Å². The Hall–Kier alpha value is -1.12. The van der Waals surface area contributed by atoms with E-state index in [1.165, 1.54) is 5.96 Å². The van der Waals surface area contributed by atoms with Gasteiger partial charge in [-0.25, -0.2) is 0 Å². The zero-order chi connectivity index (χ0) is 15.3. The van der Waals surface area contributed by atoms with Gasteiger partial charge in [0, 0.05) is 0 Å². The van der Waals surface area contributed by atoms with Gasteiger partial charge in [-0.2, -0.15) is 22.0 Å². The standard InChI is InChI=1S/C7H18N3.C2HF5O/c1-8(2)7(9(3)4)10(5)6;3-1(4,5)2(6,7)8/h1-6H3;8H/q+1;. The lowest BCUT2D eigenvalue weighted by molar-refractivity contribution is -0.475. The third kappa shape index (κ3) is 7.25. The Kier molecular flexibility index (Phi) is 7.17. The van der Waals surface area contributed by atoms with Crippen molar-refractivity contribution in [2.75, 3.05) is 42.3 Å². The van der Waals surface area contributed by atoms with Crippen molar-refractivity contribution in [3.05, 3.63) is 0 Å². The lowest BCUT2D eigenvalue weighted by Gasteiger charge is -2.16. The molecular weight excluding hydrogens is 261 g/mol. The van der Waals surface area contributed by atoms with Gasteiger partial charge in [-0.1, -0.05) is 0 Å². The molecule has 0 aliphatic rings. The van der Waals surface area contributed by atoms with E-state index < -0.39 is 12.3 Å². The SMILES string of the molecule is CN(C)C(N(C)C)=[N+](C)C.OC(F)(F)C(F)(F)F. The highest BCUT2D eigenvalue weighted by Crippen LogP contribution is 2.32. The van der Waals surface area contributed by atoms with Crippen molar-refractivity contribution in [1.82, 2.24) is 9.80 Å². The van der Waals surface area contributed by atoms with Gasteiger partial charge in [0.1, 0.15) is 0 Å². The molecule has 0 radical (unpaired) electrons. The van der Waals surface area contributed by atoms with Crippen molar-refractivity contribution in [2.45, 2.75) is 12.3 Å². The molecule has 9 heteroatoms. The van der Waals surface area contributed by atoms with Crippen LogP contribution in [0.4, 0.5) is 22.0 Å². The topological polar surface area (TPSA) is 29.7 Å². The second-order valence-electron chi connectivity index (χ2n) is 4.02. The summed E-state index contributed by atoms with van der Waals surface area (Å²) in [6.07, 6.45) is -11.4. The molecule has 0 aliphatic heterocycles. The molecule has 0 rings (SSSR count). The van der Waals surface area contributed by atoms with Crippen LogP contribution >= 0.6 is 0 Å². The molecule has 0 fully saturated rings. The van der Waals surface area contributed by atoms with E-state index in [9.17, 15) is 22.0 Å². The Bertz CT molecular complexity index is 255. The number of hydrogen-bond acceptors (Lipinski definition) is 1. The van der Waals surface area contributed by atoms with Crippen LogP contribution in [0, 0.1) is 0 Å². The quantitative estimate of drug-likeness (QED) is 0.309. The second-order valence-corrected chi connectivity index (χ2v) is 4.02. The zero-order valence-corrected chi connectivity index (χ0v) is 11.2. The van der Waals surface area contributed by atoms with Crippen LogP contribution in [0.25, 0.3) is 0 Å². The maximum atomic E-state index is 10.7. The molecule has 1 N–H and O–H groups in total. The average Bonchev–Trinajstić information content (AvgIpc) is 1.96. The van der Waals surface area contributed by atoms with Crippen LogP contribution < -0.4 is 0 Å². The summed E-state index contributed by atoms with van der Waals surface area (Å²) in [6.45, 7) is 0. The summed E-state index contributed by atoms with van der Waals surface area (Å²) in [6, 6.07) is 0. The summed E-state index contributed by atoms with van der Waals surface area (Å²) < 4.78 is 55.1. The maximum absolute atomic E-state index is 10.7. The maximum Gasteiger partial charge on any atom is 0.482 e. The van der Waals surface area contributed by atoms with Gasteiger partial charge >= 0.3 is 18.2 Å². The number of halogens is 5. The Labute approximate surface area is 103 Å². The predicted octanol–water partition coefficient (Wildman–Crippen LogP) is 0.871. The molecule has 0 heterocycles. The molecule has 0 amide bonds. The lowest BCUT2D eigenvalue weighted by atomic mass is 10.6. The Morgan fingerprint density at radius 3 is 1.11 bits per heavy atom. The average molecular weight is 280 g/mol. The van der Waals surface area contributed by atoms with Crippen LogP contribution in [0.3, 0.4) is 0 Å². The third-order valence-electron chi connectivity index (χ3n) is 1.54. The normalized spacial score (nSPS) is 11.3. The van der Waals surface area contributed by atoms with E-state index in [0.717, 1.165) is 0 Å². The van der Waals surface area contributed by atoms with E-state index in [-0.39, 0.29) is 0 Å². The summed E-state index contributed by atoms with van der Waals surface area (Å²) >= 11 is 0. The zero-order valence-electron chi connectivity index (χ0n) is 11.2. The fourth-order valence-electron chi connectivity index (χ4n) is 1.20. The van der Waals surface area contributed by atoms with Crippen LogP contribution in [-0.2, 0) is 0 Å².